The SMILES string of the molecule is O=Cc1ccccc1-c1cc(C(=O)O)ccc1F. The highest BCUT2D eigenvalue weighted by molar-refractivity contribution is 5.92. The first-order valence-corrected chi connectivity index (χ1v) is 5.21. The Bertz CT molecular complexity index is 620. The molecule has 0 bridgehead atoms. The number of halogens is 1. The highest BCUT2D eigenvalue weighted by Crippen LogP contribution is 2.26. The van der Waals surface area contributed by atoms with Crippen molar-refractivity contribution < 1.29 is 19.1 Å². The van der Waals surface area contributed by atoms with E-state index in [1.807, 2.05) is 0 Å². The molecule has 18 heavy (non-hydrogen) atoms. The summed E-state index contributed by atoms with van der Waals surface area (Å²) in [6.45, 7) is 0. The van der Waals surface area contributed by atoms with Crippen molar-refractivity contribution in [2.45, 2.75) is 0 Å². The number of benzene rings is 2. The van der Waals surface area contributed by atoms with Crippen molar-refractivity contribution in [3.63, 3.8) is 0 Å². The lowest BCUT2D eigenvalue weighted by molar-refractivity contribution is 0.0696. The molecule has 0 saturated heterocycles. The number of rotatable bonds is 3. The maximum Gasteiger partial charge on any atom is 0.335 e. The van der Waals surface area contributed by atoms with Crippen LogP contribution in [-0.2, 0) is 0 Å². The van der Waals surface area contributed by atoms with Crippen molar-refractivity contribution in [1.29, 1.82) is 0 Å². The first kappa shape index (κ1) is 12.0. The lowest BCUT2D eigenvalue weighted by Gasteiger charge is -2.07. The van der Waals surface area contributed by atoms with Gasteiger partial charge in [-0.2, -0.15) is 0 Å². The van der Waals surface area contributed by atoms with Gasteiger partial charge in [-0.3, -0.25) is 4.79 Å². The Morgan fingerprint density at radius 1 is 1.11 bits per heavy atom. The fourth-order valence-corrected chi connectivity index (χ4v) is 1.71. The minimum Gasteiger partial charge on any atom is -0.478 e. The zero-order chi connectivity index (χ0) is 13.1. The smallest absolute Gasteiger partial charge is 0.335 e. The van der Waals surface area contributed by atoms with Gasteiger partial charge in [0.2, 0.25) is 0 Å². The number of aldehydes is 1. The van der Waals surface area contributed by atoms with E-state index in [9.17, 15) is 14.0 Å². The van der Waals surface area contributed by atoms with Gasteiger partial charge in [-0.15, -0.1) is 0 Å². The number of carboxylic acids is 1. The van der Waals surface area contributed by atoms with E-state index in [4.69, 9.17) is 5.11 Å². The van der Waals surface area contributed by atoms with E-state index in [2.05, 4.69) is 0 Å². The van der Waals surface area contributed by atoms with E-state index in [0.29, 0.717) is 17.4 Å². The average molecular weight is 244 g/mol. The van der Waals surface area contributed by atoms with Crippen molar-refractivity contribution in [3.05, 3.63) is 59.4 Å². The molecule has 2 aromatic rings. The average Bonchev–Trinajstić information content (AvgIpc) is 2.39. The highest BCUT2D eigenvalue weighted by Gasteiger charge is 2.12. The Hall–Kier alpha value is -2.49. The van der Waals surface area contributed by atoms with Crippen LogP contribution in [0.4, 0.5) is 4.39 Å². The third-order valence-electron chi connectivity index (χ3n) is 2.59. The summed E-state index contributed by atoms with van der Waals surface area (Å²) >= 11 is 0. The van der Waals surface area contributed by atoms with E-state index in [1.54, 1.807) is 24.3 Å². The van der Waals surface area contributed by atoms with Crippen LogP contribution in [0.3, 0.4) is 0 Å². The standard InChI is InChI=1S/C14H9FO3/c15-13-6-5-9(14(17)18)7-12(13)11-4-2-1-3-10(11)8-16/h1-8H,(H,17,18). The molecule has 0 radical (unpaired) electrons. The number of hydrogen-bond acceptors (Lipinski definition) is 2. The van der Waals surface area contributed by atoms with Crippen molar-refractivity contribution >= 4 is 12.3 Å². The van der Waals surface area contributed by atoms with Crippen molar-refractivity contribution in [2.75, 3.05) is 0 Å². The van der Waals surface area contributed by atoms with Crippen LogP contribution < -0.4 is 0 Å². The number of carbonyl (C=O) groups is 2. The van der Waals surface area contributed by atoms with Gasteiger partial charge in [0.1, 0.15) is 5.82 Å². The normalized spacial score (nSPS) is 10.1. The van der Waals surface area contributed by atoms with E-state index in [-0.39, 0.29) is 11.1 Å². The molecule has 1 N–H and O–H groups in total. The van der Waals surface area contributed by atoms with Gasteiger partial charge in [0, 0.05) is 11.1 Å². The fourth-order valence-electron chi connectivity index (χ4n) is 1.71. The molecule has 0 aliphatic carbocycles. The Kier molecular flexibility index (Phi) is 3.19. The second-order valence-electron chi connectivity index (χ2n) is 3.70. The molecule has 0 amide bonds. The summed E-state index contributed by atoms with van der Waals surface area (Å²) < 4.78 is 13.7. The first-order valence-electron chi connectivity index (χ1n) is 5.21. The summed E-state index contributed by atoms with van der Waals surface area (Å²) in [5, 5.41) is 8.88. The molecule has 0 aliphatic heterocycles. The van der Waals surface area contributed by atoms with Gasteiger partial charge in [0.05, 0.1) is 5.56 Å². The Morgan fingerprint density at radius 2 is 1.83 bits per heavy atom. The zero-order valence-corrected chi connectivity index (χ0v) is 9.26. The van der Waals surface area contributed by atoms with Crippen LogP contribution in [-0.4, -0.2) is 17.4 Å². The summed E-state index contributed by atoms with van der Waals surface area (Å²) in [7, 11) is 0. The van der Waals surface area contributed by atoms with E-state index in [0.717, 1.165) is 6.07 Å². The molecule has 0 unspecified atom stereocenters. The predicted octanol–water partition coefficient (Wildman–Crippen LogP) is 3.00. The quantitative estimate of drug-likeness (QED) is 0.844. The van der Waals surface area contributed by atoms with Crippen molar-refractivity contribution in [2.24, 2.45) is 0 Å². The molecule has 2 rings (SSSR count). The first-order chi connectivity index (χ1) is 8.63. The molecule has 2 aromatic carbocycles. The molecule has 0 spiro atoms. The van der Waals surface area contributed by atoms with Gasteiger partial charge in [0.25, 0.3) is 0 Å². The largest absolute Gasteiger partial charge is 0.478 e. The third kappa shape index (κ3) is 2.13. The Morgan fingerprint density at radius 3 is 2.50 bits per heavy atom. The second-order valence-corrected chi connectivity index (χ2v) is 3.70. The topological polar surface area (TPSA) is 54.4 Å². The molecule has 0 heterocycles. The molecule has 0 saturated carbocycles. The van der Waals surface area contributed by atoms with Gasteiger partial charge in [-0.25, -0.2) is 9.18 Å². The van der Waals surface area contributed by atoms with Crippen LogP contribution in [0.15, 0.2) is 42.5 Å². The second kappa shape index (κ2) is 4.79. The minimum atomic E-state index is -1.14. The van der Waals surface area contributed by atoms with Gasteiger partial charge >= 0.3 is 5.97 Å². The van der Waals surface area contributed by atoms with Crippen molar-refractivity contribution in [1.82, 2.24) is 0 Å². The van der Waals surface area contributed by atoms with Crippen molar-refractivity contribution in [3.8, 4) is 11.1 Å². The number of hydrogen-bond donors (Lipinski definition) is 1. The fraction of sp³-hybridized carbons (Fsp3) is 0. The van der Waals surface area contributed by atoms with E-state index < -0.39 is 11.8 Å². The summed E-state index contributed by atoms with van der Waals surface area (Å²) in [6, 6.07) is 9.94. The van der Waals surface area contributed by atoms with Crippen LogP contribution in [0, 0.1) is 5.82 Å². The Labute approximate surface area is 103 Å². The van der Waals surface area contributed by atoms with Gasteiger partial charge in [-0.1, -0.05) is 24.3 Å². The van der Waals surface area contributed by atoms with Crippen LogP contribution in [0.5, 0.6) is 0 Å². The van der Waals surface area contributed by atoms with Gasteiger partial charge in [0.15, 0.2) is 6.29 Å². The third-order valence-corrected chi connectivity index (χ3v) is 2.59. The van der Waals surface area contributed by atoms with Gasteiger partial charge in [-0.05, 0) is 23.8 Å². The number of aromatic carboxylic acids is 1. The molecule has 3 nitrogen and oxygen atoms in total. The molecular weight excluding hydrogens is 235 g/mol. The van der Waals surface area contributed by atoms with Crippen LogP contribution in [0.2, 0.25) is 0 Å². The summed E-state index contributed by atoms with van der Waals surface area (Å²) in [5.41, 5.74) is 0.789. The van der Waals surface area contributed by atoms with E-state index >= 15 is 0 Å². The molecule has 90 valence electrons. The van der Waals surface area contributed by atoms with Crippen LogP contribution in [0.1, 0.15) is 20.7 Å². The molecular formula is C14H9FO3. The van der Waals surface area contributed by atoms with E-state index in [1.165, 1.54) is 12.1 Å². The lowest BCUT2D eigenvalue weighted by atomic mass is 9.98. The van der Waals surface area contributed by atoms with Crippen LogP contribution in [0.25, 0.3) is 11.1 Å². The molecule has 0 aliphatic rings. The van der Waals surface area contributed by atoms with Crippen LogP contribution >= 0.6 is 0 Å². The highest BCUT2D eigenvalue weighted by atomic mass is 19.1. The maximum atomic E-state index is 13.7. The Balaban J connectivity index is 2.66. The molecule has 0 fully saturated rings. The maximum absolute atomic E-state index is 13.7. The number of carboxylic acid groups (broad SMARTS) is 1. The summed E-state index contributed by atoms with van der Waals surface area (Å²) in [5.74, 6) is -1.70. The number of carbonyl (C=O) groups excluding carboxylic acids is 1. The zero-order valence-electron chi connectivity index (χ0n) is 9.26. The molecule has 0 aromatic heterocycles. The summed E-state index contributed by atoms with van der Waals surface area (Å²) in [4.78, 5) is 21.8. The summed E-state index contributed by atoms with van der Waals surface area (Å²) in [6.07, 6.45) is 0.613. The molecule has 0 atom stereocenters. The van der Waals surface area contributed by atoms with Gasteiger partial charge < -0.3 is 5.11 Å². The minimum absolute atomic E-state index is 0.0212. The molecule has 4 heteroatoms. The predicted molar refractivity (Wildman–Crippen MR) is 64.2 cm³/mol. The monoisotopic (exact) mass is 244 g/mol. The lowest BCUT2D eigenvalue weighted by Crippen LogP contribution is -1.98.